The highest BCUT2D eigenvalue weighted by Crippen LogP contribution is 2.25. The van der Waals surface area contributed by atoms with Gasteiger partial charge in [0.2, 0.25) is 0 Å². The van der Waals surface area contributed by atoms with Gasteiger partial charge in [0.25, 0.3) is 5.91 Å². The van der Waals surface area contributed by atoms with Gasteiger partial charge in [-0.25, -0.2) is 9.97 Å². The Morgan fingerprint density at radius 3 is 2.65 bits per heavy atom. The van der Waals surface area contributed by atoms with Gasteiger partial charge < -0.3 is 10.6 Å². The molecule has 1 aliphatic heterocycles. The normalized spacial score (nSPS) is 15.6. The fourth-order valence-corrected chi connectivity index (χ4v) is 3.12. The summed E-state index contributed by atoms with van der Waals surface area (Å²) >= 11 is 0. The van der Waals surface area contributed by atoms with Crippen molar-refractivity contribution in [2.45, 2.75) is 25.8 Å². The van der Waals surface area contributed by atoms with E-state index in [2.05, 4.69) is 25.5 Å². The standard InChI is InChI=1S/C17H23N5O/c1-18-16-15-12(17(23)19-2)7-6-8-13(15)20-14(21-16)11-22-9-4-3-5-10-22/h6-8H,3-5,9-11H2,1-2H3,(H,19,23)(H,18,20,21). The van der Waals surface area contributed by atoms with Crippen LogP contribution in [0.25, 0.3) is 10.9 Å². The maximum Gasteiger partial charge on any atom is 0.251 e. The number of benzene rings is 1. The Balaban J connectivity index is 2.01. The molecule has 0 unspecified atom stereocenters. The summed E-state index contributed by atoms with van der Waals surface area (Å²) in [6.45, 7) is 2.97. The fourth-order valence-electron chi connectivity index (χ4n) is 3.12. The summed E-state index contributed by atoms with van der Waals surface area (Å²) in [5.74, 6) is 1.39. The molecule has 6 heteroatoms. The minimum atomic E-state index is -0.125. The van der Waals surface area contributed by atoms with E-state index in [0.29, 0.717) is 11.4 Å². The van der Waals surface area contributed by atoms with Gasteiger partial charge in [0.1, 0.15) is 11.6 Å². The van der Waals surface area contributed by atoms with Crippen molar-refractivity contribution >= 4 is 22.6 Å². The summed E-state index contributed by atoms with van der Waals surface area (Å²) in [6, 6.07) is 5.60. The van der Waals surface area contributed by atoms with E-state index in [1.54, 1.807) is 13.1 Å². The highest BCUT2D eigenvalue weighted by molar-refractivity contribution is 6.09. The average Bonchev–Trinajstić information content (AvgIpc) is 2.60. The Morgan fingerprint density at radius 1 is 1.17 bits per heavy atom. The molecule has 122 valence electrons. The molecule has 1 fully saturated rings. The van der Waals surface area contributed by atoms with Crippen molar-refractivity contribution in [3.8, 4) is 0 Å². The van der Waals surface area contributed by atoms with Crippen LogP contribution in [0.5, 0.6) is 0 Å². The molecule has 1 saturated heterocycles. The molecule has 1 aromatic heterocycles. The van der Waals surface area contributed by atoms with Crippen LogP contribution in [0.3, 0.4) is 0 Å². The first-order chi connectivity index (χ1) is 11.2. The first-order valence-corrected chi connectivity index (χ1v) is 8.14. The average molecular weight is 313 g/mol. The third-order valence-electron chi connectivity index (χ3n) is 4.29. The van der Waals surface area contributed by atoms with Crippen molar-refractivity contribution in [3.05, 3.63) is 29.6 Å². The molecule has 2 heterocycles. The lowest BCUT2D eigenvalue weighted by atomic mass is 10.1. The first kappa shape index (κ1) is 15.7. The summed E-state index contributed by atoms with van der Waals surface area (Å²) in [7, 11) is 3.46. The molecule has 0 atom stereocenters. The number of aromatic nitrogens is 2. The topological polar surface area (TPSA) is 70.2 Å². The number of hydrogen-bond acceptors (Lipinski definition) is 5. The third kappa shape index (κ3) is 3.27. The molecule has 0 aliphatic carbocycles. The van der Waals surface area contributed by atoms with Gasteiger partial charge in [0.05, 0.1) is 23.0 Å². The number of carbonyl (C=O) groups excluding carboxylic acids is 1. The van der Waals surface area contributed by atoms with E-state index in [1.165, 1.54) is 19.3 Å². The predicted molar refractivity (Wildman–Crippen MR) is 91.6 cm³/mol. The maximum absolute atomic E-state index is 12.1. The number of fused-ring (bicyclic) bond motifs is 1. The van der Waals surface area contributed by atoms with E-state index in [-0.39, 0.29) is 5.91 Å². The third-order valence-corrected chi connectivity index (χ3v) is 4.29. The molecule has 0 saturated carbocycles. The zero-order valence-electron chi connectivity index (χ0n) is 13.7. The Kier molecular flexibility index (Phi) is 4.71. The van der Waals surface area contributed by atoms with E-state index in [0.717, 1.165) is 36.4 Å². The van der Waals surface area contributed by atoms with E-state index in [4.69, 9.17) is 0 Å². The zero-order valence-corrected chi connectivity index (χ0v) is 13.7. The quantitative estimate of drug-likeness (QED) is 0.903. The lowest BCUT2D eigenvalue weighted by molar-refractivity contribution is 0.0964. The van der Waals surface area contributed by atoms with Gasteiger partial charge in [-0.3, -0.25) is 9.69 Å². The van der Waals surface area contributed by atoms with Gasteiger partial charge in [-0.05, 0) is 38.1 Å². The van der Waals surface area contributed by atoms with Crippen LogP contribution in [-0.4, -0.2) is 48.0 Å². The van der Waals surface area contributed by atoms with E-state index >= 15 is 0 Å². The summed E-state index contributed by atoms with van der Waals surface area (Å²) in [5, 5.41) is 6.57. The van der Waals surface area contributed by atoms with Crippen molar-refractivity contribution in [1.29, 1.82) is 0 Å². The highest BCUT2D eigenvalue weighted by atomic mass is 16.1. The van der Waals surface area contributed by atoms with Gasteiger partial charge in [0, 0.05) is 14.1 Å². The van der Waals surface area contributed by atoms with Crippen molar-refractivity contribution in [3.63, 3.8) is 0 Å². The number of nitrogens with one attached hydrogen (secondary N) is 2. The summed E-state index contributed by atoms with van der Waals surface area (Å²) in [4.78, 5) is 23.8. The van der Waals surface area contributed by atoms with Gasteiger partial charge in [-0.15, -0.1) is 0 Å². The number of likely N-dealkylation sites (tertiary alicyclic amines) is 1. The first-order valence-electron chi connectivity index (χ1n) is 8.14. The Hall–Kier alpha value is -2.21. The van der Waals surface area contributed by atoms with Crippen LogP contribution in [-0.2, 0) is 6.54 Å². The van der Waals surface area contributed by atoms with Crippen molar-refractivity contribution in [2.24, 2.45) is 0 Å². The largest absolute Gasteiger partial charge is 0.372 e. The molecule has 23 heavy (non-hydrogen) atoms. The van der Waals surface area contributed by atoms with Crippen LogP contribution in [0.2, 0.25) is 0 Å². The van der Waals surface area contributed by atoms with Crippen LogP contribution < -0.4 is 10.6 Å². The number of anilines is 1. The molecule has 6 nitrogen and oxygen atoms in total. The second kappa shape index (κ2) is 6.91. The Bertz CT molecular complexity index is 709. The van der Waals surface area contributed by atoms with Gasteiger partial charge >= 0.3 is 0 Å². The molecule has 1 aliphatic rings. The fraction of sp³-hybridized carbons (Fsp3) is 0.471. The van der Waals surface area contributed by atoms with Crippen LogP contribution >= 0.6 is 0 Å². The molecule has 2 aromatic rings. The van der Waals surface area contributed by atoms with Crippen LogP contribution in [0.4, 0.5) is 5.82 Å². The van der Waals surface area contributed by atoms with Crippen molar-refractivity contribution in [1.82, 2.24) is 20.2 Å². The number of amides is 1. The molecule has 1 amide bonds. The van der Waals surface area contributed by atoms with Crippen LogP contribution in [0.15, 0.2) is 18.2 Å². The second-order valence-electron chi connectivity index (χ2n) is 5.85. The van der Waals surface area contributed by atoms with E-state index in [9.17, 15) is 4.79 Å². The molecule has 2 N–H and O–H groups in total. The number of piperidine rings is 1. The highest BCUT2D eigenvalue weighted by Gasteiger charge is 2.17. The summed E-state index contributed by atoms with van der Waals surface area (Å²) in [6.07, 6.45) is 3.80. The minimum Gasteiger partial charge on any atom is -0.372 e. The van der Waals surface area contributed by atoms with E-state index in [1.807, 2.05) is 19.2 Å². The lowest BCUT2D eigenvalue weighted by Gasteiger charge is -2.25. The number of carbonyl (C=O) groups is 1. The molecule has 1 aromatic carbocycles. The number of nitrogens with zero attached hydrogens (tertiary/aromatic N) is 3. The lowest BCUT2D eigenvalue weighted by Crippen LogP contribution is -2.30. The summed E-state index contributed by atoms with van der Waals surface area (Å²) in [5.41, 5.74) is 1.40. The SMILES string of the molecule is CNC(=O)c1cccc2nc(CN3CCCCC3)nc(NC)c12. The maximum atomic E-state index is 12.1. The molecule has 3 rings (SSSR count). The predicted octanol–water partition coefficient (Wildman–Crippen LogP) is 2.02. The number of hydrogen-bond donors (Lipinski definition) is 2. The zero-order chi connectivity index (χ0) is 16.2. The smallest absolute Gasteiger partial charge is 0.251 e. The van der Waals surface area contributed by atoms with Crippen molar-refractivity contribution < 1.29 is 4.79 Å². The minimum absolute atomic E-state index is 0.125. The molecular formula is C17H23N5O. The van der Waals surface area contributed by atoms with E-state index < -0.39 is 0 Å². The molecule has 0 bridgehead atoms. The van der Waals surface area contributed by atoms with Gasteiger partial charge in [-0.2, -0.15) is 0 Å². The molecule has 0 spiro atoms. The van der Waals surface area contributed by atoms with Crippen LogP contribution in [0, 0.1) is 0 Å². The Morgan fingerprint density at radius 2 is 1.96 bits per heavy atom. The number of rotatable bonds is 4. The van der Waals surface area contributed by atoms with Crippen LogP contribution in [0.1, 0.15) is 35.4 Å². The summed E-state index contributed by atoms with van der Waals surface area (Å²) < 4.78 is 0. The molecular weight excluding hydrogens is 290 g/mol. The van der Waals surface area contributed by atoms with Gasteiger partial charge in [0.15, 0.2) is 0 Å². The molecule has 0 radical (unpaired) electrons. The monoisotopic (exact) mass is 313 g/mol. The Labute approximate surface area is 136 Å². The van der Waals surface area contributed by atoms with Crippen molar-refractivity contribution in [2.75, 3.05) is 32.5 Å². The van der Waals surface area contributed by atoms with Gasteiger partial charge in [-0.1, -0.05) is 12.5 Å². The second-order valence-corrected chi connectivity index (χ2v) is 5.85.